The molecule has 0 saturated carbocycles. The van der Waals surface area contributed by atoms with Gasteiger partial charge in [-0.3, -0.25) is 0 Å². The van der Waals surface area contributed by atoms with E-state index in [1.165, 1.54) is 0 Å². The highest BCUT2D eigenvalue weighted by molar-refractivity contribution is 5.89. The van der Waals surface area contributed by atoms with Gasteiger partial charge in [0.1, 0.15) is 0 Å². The number of carboxylic acids is 1. The molecule has 0 aliphatic heterocycles. The maximum absolute atomic E-state index is 12.3. The second kappa shape index (κ2) is 10.1. The molecule has 0 fully saturated rings. The van der Waals surface area contributed by atoms with Gasteiger partial charge in [-0.05, 0) is 54.6 Å². The van der Waals surface area contributed by atoms with E-state index in [1.807, 2.05) is 72.8 Å². The van der Waals surface area contributed by atoms with Crippen LogP contribution in [0.15, 0.2) is 140 Å². The highest BCUT2D eigenvalue weighted by Gasteiger charge is 2.24. The summed E-state index contributed by atoms with van der Waals surface area (Å²) in [7, 11) is 0. The van der Waals surface area contributed by atoms with Gasteiger partial charge < -0.3 is 5.11 Å². The molecule has 0 aliphatic rings. The molecule has 0 heterocycles. The SMILES string of the molecule is O=C(O)c1cc([C+](c2ccccc2)c2ccccc2)cc([C-](c2ccccc2)c2ccccc2)c1. The molecule has 0 aromatic heterocycles. The number of benzene rings is 5. The molecule has 0 amide bonds. The first-order chi connectivity index (χ1) is 17.2. The van der Waals surface area contributed by atoms with E-state index in [4.69, 9.17) is 0 Å². The molecule has 0 saturated heterocycles. The Hall–Kier alpha value is -4.69. The van der Waals surface area contributed by atoms with Crippen LogP contribution in [0.2, 0.25) is 0 Å². The van der Waals surface area contributed by atoms with Crippen LogP contribution >= 0.6 is 0 Å². The van der Waals surface area contributed by atoms with Crippen molar-refractivity contribution >= 4 is 5.97 Å². The zero-order valence-corrected chi connectivity index (χ0v) is 19.1. The first-order valence-electron chi connectivity index (χ1n) is 11.6. The minimum Gasteiger partial charge on any atom is -0.478 e. The van der Waals surface area contributed by atoms with Gasteiger partial charge in [-0.1, -0.05) is 108 Å². The summed E-state index contributed by atoms with van der Waals surface area (Å²) < 4.78 is 0. The standard InChI is InChI=1S/C33H24O2/c34-33(35)30-22-28(31(24-13-5-1-6-14-24)25-15-7-2-8-16-25)21-29(23-30)32(26-17-9-3-10-18-26)27-19-11-4-12-20-27/h1-23H,(H,34,35). The fourth-order valence-corrected chi connectivity index (χ4v) is 4.46. The topological polar surface area (TPSA) is 37.3 Å². The van der Waals surface area contributed by atoms with Crippen LogP contribution < -0.4 is 0 Å². The quantitative estimate of drug-likeness (QED) is 0.206. The number of aromatic carboxylic acids is 1. The zero-order chi connectivity index (χ0) is 24.0. The summed E-state index contributed by atoms with van der Waals surface area (Å²) in [5.74, 6) is 1.04. The molecule has 168 valence electrons. The lowest BCUT2D eigenvalue weighted by atomic mass is 9.79. The summed E-state index contributed by atoms with van der Waals surface area (Å²) in [5, 5.41) is 10.1. The van der Waals surface area contributed by atoms with Gasteiger partial charge in [-0.25, -0.2) is 4.79 Å². The number of rotatable bonds is 7. The van der Waals surface area contributed by atoms with E-state index in [0.717, 1.165) is 45.2 Å². The van der Waals surface area contributed by atoms with E-state index < -0.39 is 5.97 Å². The molecule has 5 aromatic rings. The molecule has 0 spiro atoms. The van der Waals surface area contributed by atoms with Crippen molar-refractivity contribution in [1.29, 1.82) is 0 Å². The number of carboxylic acid groups (broad SMARTS) is 1. The molecule has 5 aromatic carbocycles. The van der Waals surface area contributed by atoms with Crippen molar-refractivity contribution in [3.8, 4) is 0 Å². The summed E-state index contributed by atoms with van der Waals surface area (Å²) in [6, 6.07) is 46.2. The Balaban J connectivity index is 1.74. The second-order valence-electron chi connectivity index (χ2n) is 8.32. The summed E-state index contributed by atoms with van der Waals surface area (Å²) in [5.41, 5.74) is 6.12. The highest BCUT2D eigenvalue weighted by Crippen LogP contribution is 2.37. The fraction of sp³-hybridized carbons (Fsp3) is 0. The average molecular weight is 453 g/mol. The monoisotopic (exact) mass is 452 g/mol. The normalized spacial score (nSPS) is 10.5. The van der Waals surface area contributed by atoms with Crippen LogP contribution in [0.3, 0.4) is 0 Å². The van der Waals surface area contributed by atoms with Crippen molar-refractivity contribution in [3.05, 3.63) is 190 Å². The molecule has 0 unspecified atom stereocenters. The van der Waals surface area contributed by atoms with E-state index in [2.05, 4.69) is 54.6 Å². The molecular weight excluding hydrogens is 428 g/mol. The minimum absolute atomic E-state index is 0.256. The highest BCUT2D eigenvalue weighted by atomic mass is 16.4. The maximum Gasteiger partial charge on any atom is 0.335 e. The molecule has 1 N–H and O–H groups in total. The zero-order valence-electron chi connectivity index (χ0n) is 19.1. The second-order valence-corrected chi connectivity index (χ2v) is 8.32. The van der Waals surface area contributed by atoms with E-state index in [1.54, 1.807) is 12.1 Å². The van der Waals surface area contributed by atoms with Crippen LogP contribution in [-0.4, -0.2) is 11.1 Å². The lowest BCUT2D eigenvalue weighted by molar-refractivity contribution is 0.0696. The van der Waals surface area contributed by atoms with Crippen LogP contribution in [-0.2, 0) is 0 Å². The maximum atomic E-state index is 12.3. The lowest BCUT2D eigenvalue weighted by Crippen LogP contribution is -2.11. The van der Waals surface area contributed by atoms with Crippen molar-refractivity contribution in [3.63, 3.8) is 0 Å². The Morgan fingerprint density at radius 3 is 1.37 bits per heavy atom. The Labute approximate surface area is 206 Å². The van der Waals surface area contributed by atoms with Gasteiger partial charge in [0, 0.05) is 5.56 Å². The van der Waals surface area contributed by atoms with Gasteiger partial charge >= 0.3 is 5.97 Å². The van der Waals surface area contributed by atoms with E-state index in [0.29, 0.717) is 0 Å². The molecule has 0 aliphatic carbocycles. The van der Waals surface area contributed by atoms with Gasteiger partial charge in [-0.2, -0.15) is 0 Å². The van der Waals surface area contributed by atoms with Crippen LogP contribution in [0.5, 0.6) is 0 Å². The molecule has 2 nitrogen and oxygen atoms in total. The number of hydrogen-bond donors (Lipinski definition) is 1. The van der Waals surface area contributed by atoms with Crippen LogP contribution in [0.1, 0.15) is 43.7 Å². The molecule has 5 rings (SSSR count). The Morgan fingerprint density at radius 2 is 0.943 bits per heavy atom. The van der Waals surface area contributed by atoms with Gasteiger partial charge in [0.05, 0.1) is 22.6 Å². The van der Waals surface area contributed by atoms with Crippen LogP contribution in [0.4, 0.5) is 0 Å². The molecule has 2 heteroatoms. The molecular formula is C33H24O2. The molecule has 0 radical (unpaired) electrons. The van der Waals surface area contributed by atoms with Gasteiger partial charge in [0.2, 0.25) is 0 Å². The van der Waals surface area contributed by atoms with Crippen molar-refractivity contribution in [2.24, 2.45) is 0 Å². The summed E-state index contributed by atoms with van der Waals surface area (Å²) in [6.45, 7) is 0. The lowest BCUT2D eigenvalue weighted by Gasteiger charge is -2.27. The smallest absolute Gasteiger partial charge is 0.335 e. The molecule has 35 heavy (non-hydrogen) atoms. The van der Waals surface area contributed by atoms with Crippen molar-refractivity contribution in [1.82, 2.24) is 0 Å². The van der Waals surface area contributed by atoms with Crippen molar-refractivity contribution in [2.45, 2.75) is 0 Å². The van der Waals surface area contributed by atoms with Crippen molar-refractivity contribution < 1.29 is 9.90 Å². The van der Waals surface area contributed by atoms with Crippen molar-refractivity contribution in [2.75, 3.05) is 0 Å². The molecule has 0 atom stereocenters. The van der Waals surface area contributed by atoms with E-state index in [-0.39, 0.29) is 5.56 Å². The predicted molar refractivity (Wildman–Crippen MR) is 140 cm³/mol. The van der Waals surface area contributed by atoms with Gasteiger partial charge in [-0.15, -0.1) is 0 Å². The Bertz CT molecular complexity index is 1220. The van der Waals surface area contributed by atoms with Crippen LogP contribution in [0, 0.1) is 11.8 Å². The summed E-state index contributed by atoms with van der Waals surface area (Å²) in [4.78, 5) is 12.3. The minimum atomic E-state index is -0.950. The first-order valence-corrected chi connectivity index (χ1v) is 11.6. The van der Waals surface area contributed by atoms with Gasteiger partial charge in [0.15, 0.2) is 0 Å². The van der Waals surface area contributed by atoms with E-state index >= 15 is 0 Å². The molecule has 0 bridgehead atoms. The first kappa shape index (κ1) is 22.1. The predicted octanol–water partition coefficient (Wildman–Crippen LogP) is 7.42. The third kappa shape index (κ3) is 4.83. The Kier molecular flexibility index (Phi) is 6.36. The summed E-state index contributed by atoms with van der Waals surface area (Å²) >= 11 is 0. The third-order valence-corrected chi connectivity index (χ3v) is 6.01. The largest absolute Gasteiger partial charge is 0.478 e. The van der Waals surface area contributed by atoms with Gasteiger partial charge in [0.25, 0.3) is 0 Å². The Morgan fingerprint density at radius 1 is 0.514 bits per heavy atom. The third-order valence-electron chi connectivity index (χ3n) is 6.01. The number of hydrogen-bond acceptors (Lipinski definition) is 1. The average Bonchev–Trinajstić information content (AvgIpc) is 2.91. The van der Waals surface area contributed by atoms with Crippen LogP contribution in [0.25, 0.3) is 0 Å². The van der Waals surface area contributed by atoms with E-state index in [9.17, 15) is 9.90 Å². The summed E-state index contributed by atoms with van der Waals surface area (Å²) in [6.07, 6.45) is 0. The fourth-order valence-electron chi connectivity index (χ4n) is 4.46. The number of carbonyl (C=O) groups is 1.